The molecule has 0 heterocycles. The first-order valence-corrected chi connectivity index (χ1v) is 4.26. The Balaban J connectivity index is 3.95. The van der Waals surface area contributed by atoms with Gasteiger partial charge in [-0.2, -0.15) is 0 Å². The van der Waals surface area contributed by atoms with E-state index in [-0.39, 0.29) is 0 Å². The van der Waals surface area contributed by atoms with Gasteiger partial charge in [-0.25, -0.2) is 0 Å². The Morgan fingerprint density at radius 3 is 2.17 bits per heavy atom. The number of amidine groups is 1. The van der Waals surface area contributed by atoms with Crippen molar-refractivity contribution in [2.75, 3.05) is 27.2 Å². The minimum atomic E-state index is 0.720. The van der Waals surface area contributed by atoms with Crippen molar-refractivity contribution in [2.45, 2.75) is 20.8 Å². The van der Waals surface area contributed by atoms with Gasteiger partial charge in [-0.1, -0.05) is 0 Å². The van der Waals surface area contributed by atoms with Crippen LogP contribution in [0.2, 0.25) is 0 Å². The molecule has 3 nitrogen and oxygen atoms in total. The molecule has 0 saturated heterocycles. The Labute approximate surface area is 75.2 Å². The standard InChI is InChI=1S/C9H19N3/c1-6-10-8(2)7-11-9(3)12(4)5/h6-7H2,1-5H3/b10-8-,11-9-. The maximum Gasteiger partial charge on any atom is 0.0957 e. The van der Waals surface area contributed by atoms with Crippen molar-refractivity contribution in [1.82, 2.24) is 4.90 Å². The van der Waals surface area contributed by atoms with Crippen molar-refractivity contribution >= 4 is 11.5 Å². The molecule has 0 aromatic carbocycles. The van der Waals surface area contributed by atoms with Crippen LogP contribution in [-0.4, -0.2) is 43.6 Å². The molecule has 0 unspecified atom stereocenters. The third kappa shape index (κ3) is 4.88. The molecule has 0 aliphatic rings. The quantitative estimate of drug-likeness (QED) is 0.464. The van der Waals surface area contributed by atoms with Crippen molar-refractivity contribution in [3.05, 3.63) is 0 Å². The molecule has 0 atom stereocenters. The minimum Gasteiger partial charge on any atom is -0.367 e. The summed E-state index contributed by atoms with van der Waals surface area (Å²) in [7, 11) is 3.98. The minimum absolute atomic E-state index is 0.720. The van der Waals surface area contributed by atoms with Crippen LogP contribution < -0.4 is 0 Å². The predicted octanol–water partition coefficient (Wildman–Crippen LogP) is 1.45. The number of aliphatic imine (C=N–C) groups is 2. The van der Waals surface area contributed by atoms with Gasteiger partial charge in [0.25, 0.3) is 0 Å². The van der Waals surface area contributed by atoms with E-state index in [1.165, 1.54) is 0 Å². The lowest BCUT2D eigenvalue weighted by Crippen LogP contribution is -2.19. The average Bonchev–Trinajstić information content (AvgIpc) is 2.00. The summed E-state index contributed by atoms with van der Waals surface area (Å²) in [6.45, 7) is 7.61. The molecule has 0 aromatic heterocycles. The van der Waals surface area contributed by atoms with E-state index in [0.29, 0.717) is 0 Å². The van der Waals surface area contributed by atoms with Gasteiger partial charge >= 0.3 is 0 Å². The first-order chi connectivity index (χ1) is 5.57. The molecule has 0 aliphatic heterocycles. The summed E-state index contributed by atoms with van der Waals surface area (Å²) >= 11 is 0. The van der Waals surface area contributed by atoms with Crippen LogP contribution in [0.25, 0.3) is 0 Å². The second-order valence-electron chi connectivity index (χ2n) is 2.97. The molecule has 0 spiro atoms. The van der Waals surface area contributed by atoms with E-state index in [0.717, 1.165) is 24.6 Å². The van der Waals surface area contributed by atoms with Gasteiger partial charge in [0, 0.05) is 26.4 Å². The van der Waals surface area contributed by atoms with Crippen LogP contribution in [0.3, 0.4) is 0 Å². The van der Waals surface area contributed by atoms with E-state index >= 15 is 0 Å². The molecular weight excluding hydrogens is 150 g/mol. The van der Waals surface area contributed by atoms with Crippen LogP contribution in [-0.2, 0) is 0 Å². The monoisotopic (exact) mass is 169 g/mol. The number of hydrogen-bond donors (Lipinski definition) is 0. The van der Waals surface area contributed by atoms with Gasteiger partial charge in [-0.3, -0.25) is 9.98 Å². The van der Waals surface area contributed by atoms with E-state index in [9.17, 15) is 0 Å². The van der Waals surface area contributed by atoms with Gasteiger partial charge in [-0.05, 0) is 20.8 Å². The lowest BCUT2D eigenvalue weighted by molar-refractivity contribution is 0.616. The van der Waals surface area contributed by atoms with E-state index in [2.05, 4.69) is 9.98 Å². The molecule has 0 rings (SSSR count). The van der Waals surface area contributed by atoms with Gasteiger partial charge < -0.3 is 4.90 Å². The smallest absolute Gasteiger partial charge is 0.0957 e. The highest BCUT2D eigenvalue weighted by molar-refractivity contribution is 5.87. The van der Waals surface area contributed by atoms with Gasteiger partial charge in [0.1, 0.15) is 0 Å². The van der Waals surface area contributed by atoms with E-state index in [1.54, 1.807) is 0 Å². The SMILES string of the molecule is CC/N=C(/C)C/N=C(/C)N(C)C. The molecule has 3 heteroatoms. The zero-order valence-electron chi connectivity index (χ0n) is 8.76. The fourth-order valence-corrected chi connectivity index (χ4v) is 0.690. The predicted molar refractivity (Wildman–Crippen MR) is 55.3 cm³/mol. The molecule has 0 saturated carbocycles. The Hall–Kier alpha value is -0.860. The van der Waals surface area contributed by atoms with Crippen LogP contribution in [0, 0.1) is 0 Å². The Kier molecular flexibility index (Phi) is 5.34. The zero-order chi connectivity index (χ0) is 9.56. The average molecular weight is 169 g/mol. The van der Waals surface area contributed by atoms with Gasteiger partial charge in [-0.15, -0.1) is 0 Å². The van der Waals surface area contributed by atoms with Crippen molar-refractivity contribution in [3.8, 4) is 0 Å². The lowest BCUT2D eigenvalue weighted by atomic mass is 10.4. The number of hydrogen-bond acceptors (Lipinski definition) is 2. The Morgan fingerprint density at radius 2 is 1.75 bits per heavy atom. The summed E-state index contributed by atoms with van der Waals surface area (Å²) in [6, 6.07) is 0. The van der Waals surface area contributed by atoms with Gasteiger partial charge in [0.15, 0.2) is 0 Å². The van der Waals surface area contributed by atoms with Crippen LogP contribution in [0.15, 0.2) is 9.98 Å². The zero-order valence-corrected chi connectivity index (χ0v) is 8.76. The fourth-order valence-electron chi connectivity index (χ4n) is 0.690. The fraction of sp³-hybridized carbons (Fsp3) is 0.778. The maximum absolute atomic E-state index is 4.35. The van der Waals surface area contributed by atoms with Crippen LogP contribution >= 0.6 is 0 Å². The van der Waals surface area contributed by atoms with Crippen molar-refractivity contribution in [2.24, 2.45) is 9.98 Å². The van der Waals surface area contributed by atoms with Crippen molar-refractivity contribution in [3.63, 3.8) is 0 Å². The molecule has 0 aromatic rings. The van der Waals surface area contributed by atoms with E-state index in [1.807, 2.05) is 39.8 Å². The summed E-state index contributed by atoms with van der Waals surface area (Å²) in [6.07, 6.45) is 0. The molecule has 12 heavy (non-hydrogen) atoms. The van der Waals surface area contributed by atoms with E-state index in [4.69, 9.17) is 0 Å². The van der Waals surface area contributed by atoms with Gasteiger partial charge in [0.2, 0.25) is 0 Å². The Bertz CT molecular complexity index is 180. The Morgan fingerprint density at radius 1 is 1.17 bits per heavy atom. The van der Waals surface area contributed by atoms with Crippen molar-refractivity contribution in [1.29, 1.82) is 0 Å². The maximum atomic E-state index is 4.35. The molecule has 0 aliphatic carbocycles. The lowest BCUT2D eigenvalue weighted by Gasteiger charge is -2.10. The normalized spacial score (nSPS) is 13.4. The molecule has 0 N–H and O–H groups in total. The second-order valence-corrected chi connectivity index (χ2v) is 2.97. The summed E-state index contributed by atoms with van der Waals surface area (Å²) in [4.78, 5) is 10.6. The third-order valence-corrected chi connectivity index (χ3v) is 1.61. The second kappa shape index (κ2) is 5.75. The van der Waals surface area contributed by atoms with Crippen LogP contribution in [0.1, 0.15) is 20.8 Å². The van der Waals surface area contributed by atoms with Crippen LogP contribution in [0.5, 0.6) is 0 Å². The van der Waals surface area contributed by atoms with Crippen molar-refractivity contribution < 1.29 is 0 Å². The number of nitrogens with zero attached hydrogens (tertiary/aromatic N) is 3. The topological polar surface area (TPSA) is 28.0 Å². The summed E-state index contributed by atoms with van der Waals surface area (Å²) in [5.41, 5.74) is 1.10. The highest BCUT2D eigenvalue weighted by Gasteiger charge is 1.92. The first-order valence-electron chi connectivity index (χ1n) is 4.26. The highest BCUT2D eigenvalue weighted by atomic mass is 15.1. The summed E-state index contributed by atoms with van der Waals surface area (Å²) in [5, 5.41) is 0. The number of rotatable bonds is 3. The first kappa shape index (κ1) is 11.1. The molecule has 70 valence electrons. The molecular formula is C9H19N3. The van der Waals surface area contributed by atoms with E-state index < -0.39 is 0 Å². The molecule has 0 amide bonds. The molecule has 0 bridgehead atoms. The summed E-state index contributed by atoms with van der Waals surface area (Å²) < 4.78 is 0. The summed E-state index contributed by atoms with van der Waals surface area (Å²) in [5.74, 6) is 1.04. The van der Waals surface area contributed by atoms with Crippen LogP contribution in [0.4, 0.5) is 0 Å². The highest BCUT2D eigenvalue weighted by Crippen LogP contribution is 1.85. The molecule has 0 radical (unpaired) electrons. The molecule has 0 fully saturated rings. The largest absolute Gasteiger partial charge is 0.367 e. The third-order valence-electron chi connectivity index (χ3n) is 1.61. The van der Waals surface area contributed by atoms with Gasteiger partial charge in [0.05, 0.1) is 12.4 Å².